The third kappa shape index (κ3) is 3.58. The summed E-state index contributed by atoms with van der Waals surface area (Å²) in [7, 11) is 0. The highest BCUT2D eigenvalue weighted by Gasteiger charge is 2.24. The van der Waals surface area contributed by atoms with E-state index in [1.54, 1.807) is 0 Å². The van der Waals surface area contributed by atoms with Crippen LogP contribution < -0.4 is 0 Å². The molecule has 2 aromatic carbocycles. The van der Waals surface area contributed by atoms with Crippen LogP contribution in [0.25, 0.3) is 0 Å². The van der Waals surface area contributed by atoms with Gasteiger partial charge in [0.05, 0.1) is 12.2 Å². The molecule has 21 heavy (non-hydrogen) atoms. The van der Waals surface area contributed by atoms with E-state index in [4.69, 9.17) is 4.74 Å². The number of aryl methyl sites for hydroxylation is 1. The van der Waals surface area contributed by atoms with Crippen LogP contribution in [0.3, 0.4) is 0 Å². The second kappa shape index (κ2) is 7.08. The van der Waals surface area contributed by atoms with Gasteiger partial charge in [0.15, 0.2) is 0 Å². The molecule has 2 unspecified atom stereocenters. The second-order valence-electron chi connectivity index (χ2n) is 5.41. The highest BCUT2D eigenvalue weighted by Crippen LogP contribution is 2.37. The molecule has 0 radical (unpaired) electrons. The maximum atomic E-state index is 6.44. The van der Waals surface area contributed by atoms with E-state index in [1.165, 1.54) is 29.5 Å². The lowest BCUT2D eigenvalue weighted by Crippen LogP contribution is -2.16. The molecule has 0 saturated carbocycles. The summed E-state index contributed by atoms with van der Waals surface area (Å²) in [5.74, 6) is 0. The van der Waals surface area contributed by atoms with Gasteiger partial charge >= 0.3 is 0 Å². The molecule has 0 heterocycles. The Balaban J connectivity index is 1.82. The summed E-state index contributed by atoms with van der Waals surface area (Å²) in [6.45, 7) is 0. The van der Waals surface area contributed by atoms with Gasteiger partial charge in [-0.25, -0.2) is 0 Å². The van der Waals surface area contributed by atoms with Crippen molar-refractivity contribution in [3.8, 4) is 0 Å². The molecule has 0 saturated heterocycles. The van der Waals surface area contributed by atoms with Gasteiger partial charge in [-0.2, -0.15) is 0 Å². The molecular weight excluding hydrogens is 392 g/mol. The van der Waals surface area contributed by atoms with E-state index in [2.05, 4.69) is 74.3 Å². The van der Waals surface area contributed by atoms with Gasteiger partial charge in [-0.3, -0.25) is 0 Å². The number of hydrogen-bond acceptors (Lipinski definition) is 1. The quantitative estimate of drug-likeness (QED) is 0.564. The second-order valence-corrected chi connectivity index (χ2v) is 6.98. The Hall–Kier alpha value is -0.640. The van der Waals surface area contributed by atoms with Crippen molar-refractivity contribution in [1.29, 1.82) is 0 Å². The molecule has 2 aromatic rings. The van der Waals surface area contributed by atoms with Crippen molar-refractivity contribution in [2.75, 3.05) is 5.33 Å². The van der Waals surface area contributed by atoms with Crippen LogP contribution in [0.5, 0.6) is 0 Å². The summed E-state index contributed by atoms with van der Waals surface area (Å²) in [4.78, 5) is 0. The van der Waals surface area contributed by atoms with Crippen LogP contribution in [-0.2, 0) is 11.2 Å². The lowest BCUT2D eigenvalue weighted by atomic mass is 9.89. The molecule has 1 nitrogen and oxygen atoms in total. The molecule has 0 fully saturated rings. The number of fused-ring (bicyclic) bond motifs is 1. The molecule has 0 aromatic heterocycles. The van der Waals surface area contributed by atoms with Gasteiger partial charge in [0, 0.05) is 9.80 Å². The first-order valence-electron chi connectivity index (χ1n) is 7.32. The molecule has 0 aliphatic heterocycles. The molecule has 3 heteroatoms. The lowest BCUT2D eigenvalue weighted by molar-refractivity contribution is -0.0110. The number of benzene rings is 2. The lowest BCUT2D eigenvalue weighted by Gasteiger charge is -2.29. The first kappa shape index (κ1) is 15.3. The number of ether oxygens (including phenoxy) is 1. The maximum Gasteiger partial charge on any atom is 0.0930 e. The molecule has 0 spiro atoms. The third-order valence-electron chi connectivity index (χ3n) is 4.00. The average molecular weight is 410 g/mol. The van der Waals surface area contributed by atoms with Gasteiger partial charge in [-0.05, 0) is 48.1 Å². The highest BCUT2D eigenvalue weighted by atomic mass is 79.9. The molecule has 0 N–H and O–H groups in total. The van der Waals surface area contributed by atoms with Crippen molar-refractivity contribution in [3.63, 3.8) is 0 Å². The molecule has 0 bridgehead atoms. The molecule has 1 aliphatic rings. The minimum atomic E-state index is 0.0821. The topological polar surface area (TPSA) is 9.23 Å². The van der Waals surface area contributed by atoms with E-state index in [0.717, 1.165) is 16.2 Å². The van der Waals surface area contributed by atoms with Crippen LogP contribution in [-0.4, -0.2) is 5.33 Å². The summed E-state index contributed by atoms with van der Waals surface area (Å²) in [6.07, 6.45) is 3.77. The highest BCUT2D eigenvalue weighted by molar-refractivity contribution is 9.10. The molecule has 110 valence electrons. The summed E-state index contributed by atoms with van der Waals surface area (Å²) < 4.78 is 7.54. The predicted octanol–water partition coefficient (Wildman–Crippen LogP) is 5.98. The Labute approximate surface area is 143 Å². The number of alkyl halides is 1. The summed E-state index contributed by atoms with van der Waals surface area (Å²) in [6, 6.07) is 17.1. The van der Waals surface area contributed by atoms with Crippen molar-refractivity contribution in [2.45, 2.75) is 31.5 Å². The van der Waals surface area contributed by atoms with Crippen LogP contribution in [0.1, 0.15) is 41.7 Å². The van der Waals surface area contributed by atoms with E-state index in [0.29, 0.717) is 0 Å². The number of rotatable bonds is 4. The number of hydrogen-bond donors (Lipinski definition) is 0. The first-order valence-corrected chi connectivity index (χ1v) is 9.24. The summed E-state index contributed by atoms with van der Waals surface area (Å²) in [5, 5.41) is 0.808. The summed E-state index contributed by atoms with van der Waals surface area (Å²) in [5.41, 5.74) is 4.02. The van der Waals surface area contributed by atoms with E-state index in [9.17, 15) is 0 Å². The van der Waals surface area contributed by atoms with Crippen LogP contribution in [0, 0.1) is 0 Å². The van der Waals surface area contributed by atoms with Crippen molar-refractivity contribution >= 4 is 31.9 Å². The van der Waals surface area contributed by atoms with E-state index < -0.39 is 0 Å². The van der Waals surface area contributed by atoms with Crippen molar-refractivity contribution in [1.82, 2.24) is 0 Å². The Morgan fingerprint density at radius 1 is 1.14 bits per heavy atom. The smallest absolute Gasteiger partial charge is 0.0930 e. The Morgan fingerprint density at radius 2 is 2.00 bits per heavy atom. The van der Waals surface area contributed by atoms with Gasteiger partial charge in [0.25, 0.3) is 0 Å². The first-order chi connectivity index (χ1) is 10.3. The fraction of sp³-hybridized carbons (Fsp3) is 0.333. The third-order valence-corrected chi connectivity index (χ3v) is 5.08. The van der Waals surface area contributed by atoms with E-state index in [1.807, 2.05) is 6.07 Å². The SMILES string of the molecule is BrCC(OC1CCCc2ccccc21)c1cccc(Br)c1. The zero-order valence-electron chi connectivity index (χ0n) is 11.8. The van der Waals surface area contributed by atoms with Gasteiger partial charge in [0.1, 0.15) is 0 Å². The van der Waals surface area contributed by atoms with Crippen molar-refractivity contribution in [3.05, 3.63) is 69.7 Å². The fourth-order valence-electron chi connectivity index (χ4n) is 2.96. The molecule has 1 aliphatic carbocycles. The molecular formula is C18H18Br2O. The normalized spacial score (nSPS) is 19.0. The largest absolute Gasteiger partial charge is 0.365 e. The predicted molar refractivity (Wildman–Crippen MR) is 93.9 cm³/mol. The minimum Gasteiger partial charge on any atom is -0.365 e. The average Bonchev–Trinajstić information content (AvgIpc) is 2.52. The van der Waals surface area contributed by atoms with E-state index in [-0.39, 0.29) is 12.2 Å². The van der Waals surface area contributed by atoms with Crippen LogP contribution in [0.2, 0.25) is 0 Å². The number of halogens is 2. The van der Waals surface area contributed by atoms with E-state index >= 15 is 0 Å². The summed E-state index contributed by atoms with van der Waals surface area (Å²) >= 11 is 7.14. The zero-order valence-corrected chi connectivity index (χ0v) is 14.9. The monoisotopic (exact) mass is 408 g/mol. The van der Waals surface area contributed by atoms with Gasteiger partial charge in [-0.1, -0.05) is 68.3 Å². The van der Waals surface area contributed by atoms with Crippen LogP contribution in [0.4, 0.5) is 0 Å². The van der Waals surface area contributed by atoms with Crippen molar-refractivity contribution < 1.29 is 4.74 Å². The molecule has 3 rings (SSSR count). The Bertz CT molecular complexity index is 612. The van der Waals surface area contributed by atoms with Crippen LogP contribution in [0.15, 0.2) is 53.0 Å². The maximum absolute atomic E-state index is 6.44. The van der Waals surface area contributed by atoms with Gasteiger partial charge < -0.3 is 4.74 Å². The minimum absolute atomic E-state index is 0.0821. The fourth-order valence-corrected chi connectivity index (χ4v) is 3.90. The molecule has 0 amide bonds. The van der Waals surface area contributed by atoms with Gasteiger partial charge in [0.2, 0.25) is 0 Å². The Morgan fingerprint density at radius 3 is 2.81 bits per heavy atom. The van der Waals surface area contributed by atoms with Gasteiger partial charge in [-0.15, -0.1) is 0 Å². The molecule has 2 atom stereocenters. The van der Waals surface area contributed by atoms with Crippen molar-refractivity contribution in [2.24, 2.45) is 0 Å². The standard InChI is InChI=1S/C18H18Br2O/c19-12-18(14-7-3-8-15(20)11-14)21-17-10-4-6-13-5-1-2-9-16(13)17/h1-3,5,7-9,11,17-18H,4,6,10,12H2. The zero-order chi connectivity index (χ0) is 14.7. The Kier molecular flexibility index (Phi) is 5.15. The van der Waals surface area contributed by atoms with Crippen LogP contribution >= 0.6 is 31.9 Å².